The number of hydrogen-bond donors (Lipinski definition) is 0. The number of rotatable bonds is 2. The van der Waals surface area contributed by atoms with E-state index in [2.05, 4.69) is 32.7 Å². The Hall–Kier alpha value is -0.0400. The molecule has 0 aromatic carbocycles. The van der Waals surface area contributed by atoms with Crippen molar-refractivity contribution < 1.29 is 0 Å². The van der Waals surface area contributed by atoms with Crippen LogP contribution in [0, 0.1) is 11.3 Å². The van der Waals surface area contributed by atoms with Crippen LogP contribution in [0.25, 0.3) is 0 Å². The first kappa shape index (κ1) is 10.0. The van der Waals surface area contributed by atoms with Gasteiger partial charge in [0.25, 0.3) is 0 Å². The van der Waals surface area contributed by atoms with E-state index in [1.165, 1.54) is 32.4 Å². The molecule has 0 saturated carbocycles. The minimum Gasteiger partial charge on any atom is -0.306 e. The summed E-state index contributed by atoms with van der Waals surface area (Å²) in [5.74, 6) is 0.948. The van der Waals surface area contributed by atoms with Gasteiger partial charge in [0.05, 0.1) is 0 Å². The van der Waals surface area contributed by atoms with Crippen LogP contribution in [0.2, 0.25) is 0 Å². The molecular formula is C11H23N. The molecule has 12 heavy (non-hydrogen) atoms. The van der Waals surface area contributed by atoms with Gasteiger partial charge >= 0.3 is 0 Å². The standard InChI is InChI=1S/C11H23N/c1-5-6-10-7-11(2,3)9-12(4)8-10/h10H,5-9H2,1-4H3. The van der Waals surface area contributed by atoms with Gasteiger partial charge in [-0.3, -0.25) is 0 Å². The summed E-state index contributed by atoms with van der Waals surface area (Å²) in [6, 6.07) is 0. The van der Waals surface area contributed by atoms with Crippen LogP contribution in [0.1, 0.15) is 40.0 Å². The Labute approximate surface area is 77.1 Å². The average Bonchev–Trinajstić information content (AvgIpc) is 1.82. The Bertz CT molecular complexity index is 140. The van der Waals surface area contributed by atoms with E-state index in [4.69, 9.17) is 0 Å². The van der Waals surface area contributed by atoms with Gasteiger partial charge in [0.2, 0.25) is 0 Å². The lowest BCUT2D eigenvalue weighted by Gasteiger charge is -2.41. The Morgan fingerprint density at radius 3 is 2.58 bits per heavy atom. The second-order valence-corrected chi connectivity index (χ2v) is 5.22. The van der Waals surface area contributed by atoms with Gasteiger partial charge in [-0.2, -0.15) is 0 Å². The Morgan fingerprint density at radius 2 is 2.08 bits per heavy atom. The molecule has 1 heteroatoms. The summed E-state index contributed by atoms with van der Waals surface area (Å²) in [6.45, 7) is 9.67. The number of likely N-dealkylation sites (tertiary alicyclic amines) is 1. The van der Waals surface area contributed by atoms with Gasteiger partial charge in [-0.15, -0.1) is 0 Å². The molecule has 1 rings (SSSR count). The first-order valence-corrected chi connectivity index (χ1v) is 5.22. The van der Waals surface area contributed by atoms with E-state index in [1.54, 1.807) is 0 Å². The molecule has 0 aromatic heterocycles. The molecule has 0 N–H and O–H groups in total. The molecule has 1 aliphatic rings. The van der Waals surface area contributed by atoms with Crippen LogP contribution in [-0.2, 0) is 0 Å². The molecule has 72 valence electrons. The monoisotopic (exact) mass is 169 g/mol. The lowest BCUT2D eigenvalue weighted by atomic mass is 9.77. The number of hydrogen-bond acceptors (Lipinski definition) is 1. The summed E-state index contributed by atoms with van der Waals surface area (Å²) < 4.78 is 0. The lowest BCUT2D eigenvalue weighted by Crippen LogP contribution is -2.42. The van der Waals surface area contributed by atoms with Crippen LogP contribution < -0.4 is 0 Å². The van der Waals surface area contributed by atoms with Crippen molar-refractivity contribution in [1.82, 2.24) is 4.90 Å². The van der Waals surface area contributed by atoms with Gasteiger partial charge in [0, 0.05) is 13.1 Å². The summed E-state index contributed by atoms with van der Waals surface area (Å²) in [6.07, 6.45) is 4.17. The lowest BCUT2D eigenvalue weighted by molar-refractivity contribution is 0.0888. The quantitative estimate of drug-likeness (QED) is 0.614. The molecule has 1 nitrogen and oxygen atoms in total. The minimum absolute atomic E-state index is 0.548. The average molecular weight is 169 g/mol. The van der Waals surface area contributed by atoms with E-state index >= 15 is 0 Å². The fourth-order valence-corrected chi connectivity index (χ4v) is 2.75. The predicted molar refractivity (Wildman–Crippen MR) is 54.3 cm³/mol. The maximum atomic E-state index is 2.49. The third kappa shape index (κ3) is 2.78. The highest BCUT2D eigenvalue weighted by molar-refractivity contribution is 4.83. The van der Waals surface area contributed by atoms with Crippen molar-refractivity contribution >= 4 is 0 Å². The summed E-state index contributed by atoms with van der Waals surface area (Å²) in [5.41, 5.74) is 0.548. The highest BCUT2D eigenvalue weighted by Gasteiger charge is 2.30. The van der Waals surface area contributed by atoms with E-state index in [0.29, 0.717) is 5.41 Å². The molecule has 1 heterocycles. The van der Waals surface area contributed by atoms with Crippen LogP contribution >= 0.6 is 0 Å². The van der Waals surface area contributed by atoms with E-state index < -0.39 is 0 Å². The van der Waals surface area contributed by atoms with Crippen molar-refractivity contribution in [1.29, 1.82) is 0 Å². The zero-order chi connectivity index (χ0) is 9.19. The van der Waals surface area contributed by atoms with Crippen molar-refractivity contribution in [3.05, 3.63) is 0 Å². The molecule has 0 radical (unpaired) electrons. The molecular weight excluding hydrogens is 146 g/mol. The van der Waals surface area contributed by atoms with Gasteiger partial charge in [0.1, 0.15) is 0 Å². The third-order valence-electron chi connectivity index (χ3n) is 2.81. The maximum Gasteiger partial charge on any atom is 0.00299 e. The van der Waals surface area contributed by atoms with Gasteiger partial charge in [-0.1, -0.05) is 27.2 Å². The van der Waals surface area contributed by atoms with Gasteiger partial charge in [-0.25, -0.2) is 0 Å². The molecule has 0 aromatic rings. The SMILES string of the molecule is CCCC1CN(C)CC(C)(C)C1. The molecule has 0 spiro atoms. The van der Waals surface area contributed by atoms with E-state index in [9.17, 15) is 0 Å². The molecule has 1 fully saturated rings. The second-order valence-electron chi connectivity index (χ2n) is 5.22. The van der Waals surface area contributed by atoms with Crippen LogP contribution in [0.15, 0.2) is 0 Å². The maximum absolute atomic E-state index is 2.49. The Kier molecular flexibility index (Phi) is 3.16. The Morgan fingerprint density at radius 1 is 1.42 bits per heavy atom. The van der Waals surface area contributed by atoms with E-state index in [-0.39, 0.29) is 0 Å². The van der Waals surface area contributed by atoms with Crippen LogP contribution in [0.4, 0.5) is 0 Å². The third-order valence-corrected chi connectivity index (χ3v) is 2.81. The molecule has 0 bridgehead atoms. The largest absolute Gasteiger partial charge is 0.306 e. The van der Waals surface area contributed by atoms with Gasteiger partial charge < -0.3 is 4.90 Å². The van der Waals surface area contributed by atoms with E-state index in [1.807, 2.05) is 0 Å². The molecule has 0 aliphatic carbocycles. The second kappa shape index (κ2) is 3.78. The highest BCUT2D eigenvalue weighted by atomic mass is 15.1. The molecule has 1 saturated heterocycles. The zero-order valence-electron chi connectivity index (χ0n) is 9.06. The number of nitrogens with zero attached hydrogens (tertiary/aromatic N) is 1. The van der Waals surface area contributed by atoms with Crippen LogP contribution in [-0.4, -0.2) is 25.0 Å². The van der Waals surface area contributed by atoms with Crippen molar-refractivity contribution in [3.8, 4) is 0 Å². The molecule has 1 aliphatic heterocycles. The predicted octanol–water partition coefficient (Wildman–Crippen LogP) is 2.76. The van der Waals surface area contributed by atoms with Crippen molar-refractivity contribution in [2.24, 2.45) is 11.3 Å². The van der Waals surface area contributed by atoms with Crippen molar-refractivity contribution in [3.63, 3.8) is 0 Å². The van der Waals surface area contributed by atoms with E-state index in [0.717, 1.165) is 5.92 Å². The Balaban J connectivity index is 2.46. The normalized spacial score (nSPS) is 30.5. The topological polar surface area (TPSA) is 3.24 Å². The highest BCUT2D eigenvalue weighted by Crippen LogP contribution is 2.33. The fourth-order valence-electron chi connectivity index (χ4n) is 2.75. The van der Waals surface area contributed by atoms with Crippen LogP contribution in [0.5, 0.6) is 0 Å². The summed E-state index contributed by atoms with van der Waals surface area (Å²) in [5, 5.41) is 0. The zero-order valence-corrected chi connectivity index (χ0v) is 9.06. The summed E-state index contributed by atoms with van der Waals surface area (Å²) in [7, 11) is 2.25. The summed E-state index contributed by atoms with van der Waals surface area (Å²) in [4.78, 5) is 2.49. The molecule has 0 amide bonds. The first-order chi connectivity index (χ1) is 5.53. The summed E-state index contributed by atoms with van der Waals surface area (Å²) >= 11 is 0. The van der Waals surface area contributed by atoms with Gasteiger partial charge in [0.15, 0.2) is 0 Å². The molecule has 1 atom stereocenters. The number of piperidine rings is 1. The smallest absolute Gasteiger partial charge is 0.00299 e. The first-order valence-electron chi connectivity index (χ1n) is 5.22. The molecule has 1 unspecified atom stereocenters. The van der Waals surface area contributed by atoms with Crippen LogP contribution in [0.3, 0.4) is 0 Å². The minimum atomic E-state index is 0.548. The van der Waals surface area contributed by atoms with Gasteiger partial charge in [-0.05, 0) is 31.2 Å². The van der Waals surface area contributed by atoms with Crippen molar-refractivity contribution in [2.45, 2.75) is 40.0 Å². The fraction of sp³-hybridized carbons (Fsp3) is 1.00. The van der Waals surface area contributed by atoms with Crippen molar-refractivity contribution in [2.75, 3.05) is 20.1 Å².